The van der Waals surface area contributed by atoms with Gasteiger partial charge in [0.25, 0.3) is 0 Å². The molecular weight excluding hydrogens is 521 g/mol. The predicted molar refractivity (Wildman–Crippen MR) is 146 cm³/mol. The third-order valence-electron chi connectivity index (χ3n) is 7.35. The lowest BCUT2D eigenvalue weighted by Gasteiger charge is -2.37. The molecule has 0 saturated heterocycles. The Morgan fingerprint density at radius 3 is 2.49 bits per heavy atom. The van der Waals surface area contributed by atoms with Crippen LogP contribution in [0.2, 0.25) is 0 Å². The molecule has 1 aliphatic heterocycles. The molecule has 2 aromatic rings. The highest BCUT2D eigenvalue weighted by molar-refractivity contribution is 7.89. The van der Waals surface area contributed by atoms with Gasteiger partial charge in [-0.2, -0.15) is 4.31 Å². The van der Waals surface area contributed by atoms with Crippen LogP contribution in [0.15, 0.2) is 47.4 Å². The van der Waals surface area contributed by atoms with E-state index < -0.39 is 22.2 Å². The third kappa shape index (κ3) is 6.90. The number of sulfonamides is 1. The minimum atomic E-state index is -3.99. The van der Waals surface area contributed by atoms with Crippen molar-refractivity contribution in [3.63, 3.8) is 0 Å². The number of likely N-dealkylation sites (N-methyl/N-ethyl adjacent to an activating group) is 1. The number of hydrogen-bond acceptors (Lipinski definition) is 5. The quantitative estimate of drug-likeness (QED) is 0.548. The van der Waals surface area contributed by atoms with E-state index in [0.717, 1.165) is 25.7 Å². The number of hydrogen-bond donors (Lipinski definition) is 2. The topological polar surface area (TPSA) is 99.2 Å². The average Bonchev–Trinajstić information content (AvgIpc) is 3.42. The molecule has 0 radical (unpaired) electrons. The van der Waals surface area contributed by atoms with Crippen molar-refractivity contribution in [1.29, 1.82) is 0 Å². The molecule has 2 N–H and O–H groups in total. The summed E-state index contributed by atoms with van der Waals surface area (Å²) in [6.07, 6.45) is 3.63. The third-order valence-corrected chi connectivity index (χ3v) is 9.37. The molecule has 8 nitrogen and oxygen atoms in total. The second-order valence-corrected chi connectivity index (χ2v) is 12.3. The Morgan fingerprint density at radius 2 is 1.82 bits per heavy atom. The summed E-state index contributed by atoms with van der Waals surface area (Å²) in [4.78, 5) is 14.4. The Kier molecular flexibility index (Phi) is 9.15. The van der Waals surface area contributed by atoms with Crippen LogP contribution < -0.4 is 10.1 Å². The van der Waals surface area contributed by atoms with Crippen LogP contribution in [0.3, 0.4) is 0 Å². The molecule has 2 aliphatic rings. The number of nitrogens with one attached hydrogen (secondary N) is 1. The summed E-state index contributed by atoms with van der Waals surface area (Å²) in [7, 11) is -2.29. The van der Waals surface area contributed by atoms with E-state index in [2.05, 4.69) is 17.2 Å². The van der Waals surface area contributed by atoms with Gasteiger partial charge >= 0.3 is 6.03 Å². The van der Waals surface area contributed by atoms with Gasteiger partial charge in [-0.05, 0) is 62.2 Å². The molecule has 1 fully saturated rings. The number of urea groups is 1. The molecule has 1 heterocycles. The average molecular weight is 558 g/mol. The molecule has 2 aromatic carbocycles. The number of aliphatic hydroxyl groups is 1. The molecule has 210 valence electrons. The Bertz CT molecular complexity index is 1330. The van der Waals surface area contributed by atoms with E-state index in [1.807, 2.05) is 6.92 Å². The first-order valence-electron chi connectivity index (χ1n) is 13.3. The highest BCUT2D eigenvalue weighted by Crippen LogP contribution is 2.34. The lowest BCUT2D eigenvalue weighted by atomic mass is 10.0. The van der Waals surface area contributed by atoms with Gasteiger partial charge in [-0.1, -0.05) is 31.6 Å². The zero-order valence-corrected chi connectivity index (χ0v) is 23.4. The first-order chi connectivity index (χ1) is 18.6. The SMILES string of the molecule is C[C@@H]1CN([C@H](C)CO)S(=O)(=O)c2ccc(C#Cc3ccc(F)cc3)cc2O[C@@H]1CN(C)C(=O)NC1CCCC1. The van der Waals surface area contributed by atoms with Crippen LogP contribution >= 0.6 is 0 Å². The second-order valence-electron chi connectivity index (χ2n) is 10.5. The number of carbonyl (C=O) groups excluding carboxylic acids is 1. The van der Waals surface area contributed by atoms with Crippen molar-refractivity contribution in [3.05, 3.63) is 59.4 Å². The monoisotopic (exact) mass is 557 g/mol. The lowest BCUT2D eigenvalue weighted by molar-refractivity contribution is 0.0808. The predicted octanol–water partition coefficient (Wildman–Crippen LogP) is 3.58. The van der Waals surface area contributed by atoms with Crippen molar-refractivity contribution in [2.24, 2.45) is 5.92 Å². The van der Waals surface area contributed by atoms with E-state index in [4.69, 9.17) is 4.74 Å². The van der Waals surface area contributed by atoms with E-state index in [1.165, 1.54) is 22.5 Å². The molecule has 4 rings (SSSR count). The number of halogens is 1. The Labute approximate surface area is 230 Å². The molecule has 0 bridgehead atoms. The largest absolute Gasteiger partial charge is 0.487 e. The second kappa shape index (κ2) is 12.4. The van der Waals surface area contributed by atoms with Crippen LogP contribution in [0.5, 0.6) is 5.75 Å². The highest BCUT2D eigenvalue weighted by Gasteiger charge is 2.38. The van der Waals surface area contributed by atoms with Crippen molar-refractivity contribution >= 4 is 16.1 Å². The van der Waals surface area contributed by atoms with Crippen LogP contribution in [-0.2, 0) is 10.0 Å². The summed E-state index contributed by atoms with van der Waals surface area (Å²) in [5.74, 6) is 5.43. The fourth-order valence-corrected chi connectivity index (χ4v) is 6.73. The summed E-state index contributed by atoms with van der Waals surface area (Å²) in [6.45, 7) is 3.57. The molecule has 1 aliphatic carbocycles. The van der Waals surface area contributed by atoms with Crippen molar-refractivity contribution in [2.45, 2.75) is 62.6 Å². The Morgan fingerprint density at radius 1 is 1.18 bits per heavy atom. The fraction of sp³-hybridized carbons (Fsp3) is 0.483. The number of fused-ring (bicyclic) bond motifs is 1. The van der Waals surface area contributed by atoms with E-state index >= 15 is 0 Å². The Hall–Kier alpha value is -3.13. The molecule has 0 unspecified atom stereocenters. The number of rotatable bonds is 5. The van der Waals surface area contributed by atoms with Gasteiger partial charge in [-0.15, -0.1) is 0 Å². The zero-order chi connectivity index (χ0) is 28.2. The van der Waals surface area contributed by atoms with Crippen LogP contribution in [0.1, 0.15) is 50.7 Å². The molecule has 10 heteroatoms. The van der Waals surface area contributed by atoms with Crippen LogP contribution in [0.4, 0.5) is 9.18 Å². The lowest BCUT2D eigenvalue weighted by Crippen LogP contribution is -2.51. The molecular formula is C29H36FN3O5S. The smallest absolute Gasteiger partial charge is 0.317 e. The zero-order valence-electron chi connectivity index (χ0n) is 22.6. The normalized spacial score (nSPS) is 21.9. The first kappa shape index (κ1) is 28.9. The standard InChI is InChI=1S/C29H36FN3O5S/c1-20-17-33(21(2)19-34)39(36,37)28-15-12-23(9-8-22-10-13-24(30)14-11-22)16-26(28)38-27(20)18-32(3)29(35)31-25-6-4-5-7-25/h10-16,20-21,25,27,34H,4-7,17-19H2,1-3H3,(H,31,35)/t20-,21-,27-/m1/s1. The molecule has 1 saturated carbocycles. The van der Waals surface area contributed by atoms with Gasteiger partial charge in [0, 0.05) is 42.7 Å². The fourth-order valence-electron chi connectivity index (χ4n) is 4.91. The van der Waals surface area contributed by atoms with Gasteiger partial charge in [0.1, 0.15) is 22.6 Å². The first-order valence-corrected chi connectivity index (χ1v) is 14.7. The van der Waals surface area contributed by atoms with E-state index in [0.29, 0.717) is 11.1 Å². The molecule has 0 spiro atoms. The molecule has 39 heavy (non-hydrogen) atoms. The maximum atomic E-state index is 13.7. The number of amides is 2. The van der Waals surface area contributed by atoms with Gasteiger partial charge < -0.3 is 20.1 Å². The van der Waals surface area contributed by atoms with Gasteiger partial charge in [0.05, 0.1) is 13.2 Å². The summed E-state index contributed by atoms with van der Waals surface area (Å²) < 4.78 is 48.2. The molecule has 2 amide bonds. The number of ether oxygens (including phenoxy) is 1. The minimum absolute atomic E-state index is 0.0231. The summed E-state index contributed by atoms with van der Waals surface area (Å²) in [5, 5.41) is 12.9. The van der Waals surface area contributed by atoms with Gasteiger partial charge in [-0.3, -0.25) is 0 Å². The number of benzene rings is 2. The maximum absolute atomic E-state index is 13.7. The van der Waals surface area contributed by atoms with Gasteiger partial charge in [0.2, 0.25) is 10.0 Å². The maximum Gasteiger partial charge on any atom is 0.317 e. The number of nitrogens with zero attached hydrogens (tertiary/aromatic N) is 2. The van der Waals surface area contributed by atoms with Crippen molar-refractivity contribution in [2.75, 3.05) is 26.7 Å². The van der Waals surface area contributed by atoms with E-state index in [1.54, 1.807) is 43.1 Å². The Balaban J connectivity index is 1.66. The summed E-state index contributed by atoms with van der Waals surface area (Å²) in [6, 6.07) is 9.74. The van der Waals surface area contributed by atoms with Crippen molar-refractivity contribution in [1.82, 2.24) is 14.5 Å². The summed E-state index contributed by atoms with van der Waals surface area (Å²) in [5.41, 5.74) is 1.13. The van der Waals surface area contributed by atoms with Crippen LogP contribution in [0.25, 0.3) is 0 Å². The number of carbonyl (C=O) groups is 1. The van der Waals surface area contributed by atoms with Gasteiger partial charge in [-0.25, -0.2) is 17.6 Å². The van der Waals surface area contributed by atoms with Crippen LogP contribution in [-0.4, -0.2) is 73.7 Å². The van der Waals surface area contributed by atoms with Crippen LogP contribution in [0, 0.1) is 23.6 Å². The van der Waals surface area contributed by atoms with Crippen molar-refractivity contribution in [3.8, 4) is 17.6 Å². The molecule has 0 aromatic heterocycles. The van der Waals surface area contributed by atoms with Gasteiger partial charge in [0.15, 0.2) is 0 Å². The van der Waals surface area contributed by atoms with E-state index in [9.17, 15) is 22.7 Å². The minimum Gasteiger partial charge on any atom is -0.487 e. The summed E-state index contributed by atoms with van der Waals surface area (Å²) >= 11 is 0. The number of aliphatic hydroxyl groups excluding tert-OH is 1. The highest BCUT2D eigenvalue weighted by atomic mass is 32.2. The van der Waals surface area contributed by atoms with Crippen molar-refractivity contribution < 1.29 is 27.4 Å². The van der Waals surface area contributed by atoms with E-state index in [-0.39, 0.29) is 54.1 Å². The molecule has 3 atom stereocenters.